The fourth-order valence-electron chi connectivity index (χ4n) is 1.93. The lowest BCUT2D eigenvalue weighted by Gasteiger charge is -2.06. The highest BCUT2D eigenvalue weighted by Gasteiger charge is 2.19. The Labute approximate surface area is 142 Å². The fraction of sp³-hybridized carbons (Fsp3) is 0.250. The van der Waals surface area contributed by atoms with Crippen LogP contribution in [-0.4, -0.2) is 26.5 Å². The number of carbonyl (C=O) groups excluding carboxylic acids is 1. The average molecular weight is 344 g/mol. The highest BCUT2D eigenvalue weighted by atomic mass is 32.2. The lowest BCUT2D eigenvalue weighted by atomic mass is 10.1. The molecule has 24 heavy (non-hydrogen) atoms. The van der Waals surface area contributed by atoms with Crippen LogP contribution in [0.1, 0.15) is 18.2 Å². The number of rotatable bonds is 5. The van der Waals surface area contributed by atoms with Crippen molar-refractivity contribution in [3.05, 3.63) is 41.7 Å². The maximum atomic E-state index is 12.1. The van der Waals surface area contributed by atoms with Crippen LogP contribution in [0.25, 0.3) is 11.5 Å². The van der Waals surface area contributed by atoms with Crippen LogP contribution < -0.4 is 5.32 Å². The van der Waals surface area contributed by atoms with Crippen molar-refractivity contribution in [1.82, 2.24) is 15.4 Å². The van der Waals surface area contributed by atoms with Gasteiger partial charge < -0.3 is 14.3 Å². The summed E-state index contributed by atoms with van der Waals surface area (Å²) in [6.07, 6.45) is 0. The molecule has 8 heteroatoms. The molecule has 0 fully saturated rings. The number of aryl methyl sites for hydroxylation is 2. The summed E-state index contributed by atoms with van der Waals surface area (Å²) in [4.78, 5) is 12.1. The van der Waals surface area contributed by atoms with E-state index in [2.05, 4.69) is 20.7 Å². The smallest absolute Gasteiger partial charge is 0.277 e. The third kappa shape index (κ3) is 3.83. The van der Waals surface area contributed by atoms with Crippen molar-refractivity contribution in [2.75, 3.05) is 5.32 Å². The third-order valence-corrected chi connectivity index (χ3v) is 4.17. The van der Waals surface area contributed by atoms with Gasteiger partial charge in [-0.05, 0) is 32.9 Å². The van der Waals surface area contributed by atoms with E-state index >= 15 is 0 Å². The van der Waals surface area contributed by atoms with Gasteiger partial charge in [-0.25, -0.2) is 0 Å². The minimum Gasteiger partial charge on any atom is -0.411 e. The van der Waals surface area contributed by atoms with Gasteiger partial charge in [0.25, 0.3) is 5.22 Å². The zero-order valence-electron chi connectivity index (χ0n) is 13.4. The Morgan fingerprint density at radius 1 is 1.21 bits per heavy atom. The van der Waals surface area contributed by atoms with E-state index in [1.807, 2.05) is 31.2 Å². The largest absolute Gasteiger partial charge is 0.411 e. The van der Waals surface area contributed by atoms with Crippen LogP contribution in [0.2, 0.25) is 0 Å². The van der Waals surface area contributed by atoms with Gasteiger partial charge in [-0.1, -0.05) is 34.6 Å². The van der Waals surface area contributed by atoms with E-state index < -0.39 is 5.25 Å². The van der Waals surface area contributed by atoms with Crippen LogP contribution in [0.5, 0.6) is 0 Å². The zero-order chi connectivity index (χ0) is 17.1. The standard InChI is InChI=1S/C16H16N4O3S/c1-9-4-6-12(7-5-9)15-18-19-16(22-15)24-11(3)14(21)17-13-8-10(2)23-20-13/h4-8,11H,1-3H3,(H,17,20,21)/t11-/m0/s1. The molecule has 0 aliphatic rings. The zero-order valence-corrected chi connectivity index (χ0v) is 14.3. The monoisotopic (exact) mass is 344 g/mol. The molecule has 124 valence electrons. The number of nitrogens with one attached hydrogen (secondary N) is 1. The Hall–Kier alpha value is -2.61. The van der Waals surface area contributed by atoms with E-state index in [1.165, 1.54) is 11.8 Å². The Balaban J connectivity index is 1.63. The summed E-state index contributed by atoms with van der Waals surface area (Å²) >= 11 is 1.19. The maximum absolute atomic E-state index is 12.1. The number of hydrogen-bond donors (Lipinski definition) is 1. The molecule has 0 saturated heterocycles. The predicted octanol–water partition coefficient (Wildman–Crippen LogP) is 3.46. The molecule has 0 unspecified atom stereocenters. The van der Waals surface area contributed by atoms with Gasteiger partial charge in [0.1, 0.15) is 5.76 Å². The molecule has 0 radical (unpaired) electrons. The molecule has 0 saturated carbocycles. The van der Waals surface area contributed by atoms with Crippen molar-refractivity contribution in [2.45, 2.75) is 31.2 Å². The van der Waals surface area contributed by atoms with Gasteiger partial charge in [0.2, 0.25) is 11.8 Å². The van der Waals surface area contributed by atoms with Crippen molar-refractivity contribution < 1.29 is 13.7 Å². The number of hydrogen-bond acceptors (Lipinski definition) is 7. The van der Waals surface area contributed by atoms with Crippen molar-refractivity contribution >= 4 is 23.5 Å². The highest BCUT2D eigenvalue weighted by Crippen LogP contribution is 2.26. The Morgan fingerprint density at radius 3 is 2.62 bits per heavy atom. The first-order chi connectivity index (χ1) is 11.5. The van der Waals surface area contributed by atoms with Crippen LogP contribution >= 0.6 is 11.8 Å². The fourth-order valence-corrected chi connectivity index (χ4v) is 2.61. The predicted molar refractivity (Wildman–Crippen MR) is 89.7 cm³/mol. The van der Waals surface area contributed by atoms with Gasteiger partial charge in [-0.15, -0.1) is 10.2 Å². The number of nitrogens with zero attached hydrogens (tertiary/aromatic N) is 3. The minimum absolute atomic E-state index is 0.219. The molecule has 1 amide bonds. The molecule has 1 atom stereocenters. The molecule has 2 heterocycles. The second-order valence-electron chi connectivity index (χ2n) is 5.31. The summed E-state index contributed by atoms with van der Waals surface area (Å²) in [5, 5.41) is 14.3. The molecule has 7 nitrogen and oxygen atoms in total. The molecule has 3 aromatic rings. The van der Waals surface area contributed by atoms with Crippen LogP contribution in [0, 0.1) is 13.8 Å². The number of anilines is 1. The lowest BCUT2D eigenvalue weighted by Crippen LogP contribution is -2.22. The Morgan fingerprint density at radius 2 is 1.96 bits per heavy atom. The van der Waals surface area contributed by atoms with Crippen LogP contribution in [0.3, 0.4) is 0 Å². The van der Waals surface area contributed by atoms with Gasteiger partial charge in [-0.2, -0.15) is 0 Å². The van der Waals surface area contributed by atoms with E-state index in [-0.39, 0.29) is 5.91 Å². The topological polar surface area (TPSA) is 94.1 Å². The number of carbonyl (C=O) groups is 1. The minimum atomic E-state index is -0.423. The summed E-state index contributed by atoms with van der Waals surface area (Å²) in [7, 11) is 0. The van der Waals surface area contributed by atoms with Crippen molar-refractivity contribution in [3.8, 4) is 11.5 Å². The molecule has 0 spiro atoms. The third-order valence-electron chi connectivity index (χ3n) is 3.23. The summed E-state index contributed by atoms with van der Waals surface area (Å²) < 4.78 is 10.5. The van der Waals surface area contributed by atoms with Gasteiger partial charge in [0, 0.05) is 11.6 Å². The molecule has 0 aliphatic heterocycles. The second kappa shape index (κ2) is 6.88. The van der Waals surface area contributed by atoms with Crippen molar-refractivity contribution in [1.29, 1.82) is 0 Å². The van der Waals surface area contributed by atoms with Gasteiger partial charge in [0.05, 0.1) is 5.25 Å². The second-order valence-corrected chi connectivity index (χ2v) is 6.60. The van der Waals surface area contributed by atoms with Crippen molar-refractivity contribution in [3.63, 3.8) is 0 Å². The molecule has 1 aromatic carbocycles. The highest BCUT2D eigenvalue weighted by molar-refractivity contribution is 8.00. The average Bonchev–Trinajstić information content (AvgIpc) is 3.17. The van der Waals surface area contributed by atoms with Gasteiger partial charge in [-0.3, -0.25) is 4.79 Å². The van der Waals surface area contributed by atoms with Crippen LogP contribution in [0.15, 0.2) is 44.5 Å². The summed E-state index contributed by atoms with van der Waals surface area (Å²) in [5.74, 6) is 1.22. The van der Waals surface area contributed by atoms with E-state index in [0.29, 0.717) is 22.7 Å². The normalized spacial score (nSPS) is 12.1. The number of benzene rings is 1. The first kappa shape index (κ1) is 16.3. The molecule has 1 N–H and O–H groups in total. The van der Waals surface area contributed by atoms with Crippen LogP contribution in [0.4, 0.5) is 5.82 Å². The molecular formula is C16H16N4O3S. The quantitative estimate of drug-likeness (QED) is 0.708. The van der Waals surface area contributed by atoms with Gasteiger partial charge in [0.15, 0.2) is 5.82 Å². The molecular weight excluding hydrogens is 328 g/mol. The van der Waals surface area contributed by atoms with E-state index in [9.17, 15) is 4.79 Å². The van der Waals surface area contributed by atoms with Crippen LogP contribution in [-0.2, 0) is 4.79 Å². The molecule has 3 rings (SSSR count). The van der Waals surface area contributed by atoms with E-state index in [1.54, 1.807) is 19.9 Å². The number of aromatic nitrogens is 3. The number of thioether (sulfide) groups is 1. The maximum Gasteiger partial charge on any atom is 0.277 e. The Bertz CT molecular complexity index is 841. The summed E-state index contributed by atoms with van der Waals surface area (Å²) in [6.45, 7) is 5.52. The van der Waals surface area contributed by atoms with Crippen molar-refractivity contribution in [2.24, 2.45) is 0 Å². The number of amides is 1. The molecule has 0 aliphatic carbocycles. The van der Waals surface area contributed by atoms with E-state index in [4.69, 9.17) is 8.94 Å². The molecule has 0 bridgehead atoms. The lowest BCUT2D eigenvalue weighted by molar-refractivity contribution is -0.115. The molecule has 2 aromatic heterocycles. The first-order valence-corrected chi connectivity index (χ1v) is 8.20. The van der Waals surface area contributed by atoms with Gasteiger partial charge >= 0.3 is 0 Å². The van der Waals surface area contributed by atoms with E-state index in [0.717, 1.165) is 11.1 Å². The summed E-state index contributed by atoms with van der Waals surface area (Å²) in [5.41, 5.74) is 2.00. The Kier molecular flexibility index (Phi) is 4.66. The summed E-state index contributed by atoms with van der Waals surface area (Å²) in [6, 6.07) is 9.43. The first-order valence-electron chi connectivity index (χ1n) is 7.32. The SMILES string of the molecule is Cc1ccc(-c2nnc(S[C@@H](C)C(=O)Nc3cc(C)on3)o2)cc1.